The van der Waals surface area contributed by atoms with Gasteiger partial charge in [0.05, 0.1) is 19.3 Å². The Kier molecular flexibility index (Phi) is 6.15. The van der Waals surface area contributed by atoms with E-state index < -0.39 is 0 Å². The van der Waals surface area contributed by atoms with Gasteiger partial charge in [0, 0.05) is 19.6 Å². The zero-order valence-electron chi connectivity index (χ0n) is 9.24. The van der Waals surface area contributed by atoms with Gasteiger partial charge in [-0.05, 0) is 12.8 Å². The Morgan fingerprint density at radius 2 is 2.00 bits per heavy atom. The van der Waals surface area contributed by atoms with E-state index in [0.29, 0.717) is 0 Å². The van der Waals surface area contributed by atoms with Crippen molar-refractivity contribution in [1.82, 2.24) is 4.90 Å². The highest BCUT2D eigenvalue weighted by Gasteiger charge is 2.11. The second kappa shape index (κ2) is 7.21. The number of hydrogen-bond donors (Lipinski definition) is 1. The Hall–Kier alpha value is -0.120. The monoisotopic (exact) mass is 201 g/mol. The molecule has 0 bridgehead atoms. The minimum atomic E-state index is -0.0993. The van der Waals surface area contributed by atoms with Crippen molar-refractivity contribution in [2.75, 3.05) is 32.8 Å². The molecule has 1 N–H and O–H groups in total. The molecule has 0 aromatic heterocycles. The maximum absolute atomic E-state index is 9.65. The third-order valence-corrected chi connectivity index (χ3v) is 2.77. The van der Waals surface area contributed by atoms with Crippen LogP contribution in [0.15, 0.2) is 0 Å². The number of nitrogens with zero attached hydrogens (tertiary/aromatic N) is 1. The summed E-state index contributed by atoms with van der Waals surface area (Å²) in [7, 11) is 0. The molecular weight excluding hydrogens is 178 g/mol. The molecule has 84 valence electrons. The average Bonchev–Trinajstić information content (AvgIpc) is 2.25. The lowest BCUT2D eigenvalue weighted by Crippen LogP contribution is -2.37. The van der Waals surface area contributed by atoms with E-state index in [-0.39, 0.29) is 6.10 Å². The molecule has 0 radical (unpaired) electrons. The van der Waals surface area contributed by atoms with Crippen molar-refractivity contribution in [3.05, 3.63) is 0 Å². The molecule has 0 aromatic rings. The van der Waals surface area contributed by atoms with Crippen LogP contribution in [0.2, 0.25) is 0 Å². The highest BCUT2D eigenvalue weighted by atomic mass is 16.5. The van der Waals surface area contributed by atoms with Crippen molar-refractivity contribution in [2.24, 2.45) is 0 Å². The number of aliphatic hydroxyl groups excluding tert-OH is 1. The average molecular weight is 201 g/mol. The largest absolute Gasteiger partial charge is 0.393 e. The highest BCUT2D eigenvalue weighted by molar-refractivity contribution is 4.65. The quantitative estimate of drug-likeness (QED) is 0.702. The summed E-state index contributed by atoms with van der Waals surface area (Å²) in [5, 5.41) is 9.65. The van der Waals surface area contributed by atoms with Crippen LogP contribution in [-0.4, -0.2) is 49.0 Å². The van der Waals surface area contributed by atoms with E-state index in [1.54, 1.807) is 0 Å². The molecule has 3 nitrogen and oxygen atoms in total. The third-order valence-electron chi connectivity index (χ3n) is 2.77. The molecule has 1 rings (SSSR count). The first-order valence-corrected chi connectivity index (χ1v) is 5.81. The van der Waals surface area contributed by atoms with Gasteiger partial charge in [-0.3, -0.25) is 4.90 Å². The predicted molar refractivity (Wildman–Crippen MR) is 57.4 cm³/mol. The lowest BCUT2D eigenvalue weighted by atomic mass is 10.1. The first-order valence-electron chi connectivity index (χ1n) is 5.81. The van der Waals surface area contributed by atoms with E-state index in [1.165, 1.54) is 6.42 Å². The Bertz CT molecular complexity index is 135. The molecule has 0 spiro atoms. The van der Waals surface area contributed by atoms with Gasteiger partial charge >= 0.3 is 0 Å². The fraction of sp³-hybridized carbons (Fsp3) is 1.00. The maximum Gasteiger partial charge on any atom is 0.0594 e. The van der Waals surface area contributed by atoms with E-state index in [9.17, 15) is 5.11 Å². The number of hydrogen-bond acceptors (Lipinski definition) is 3. The Morgan fingerprint density at radius 3 is 2.64 bits per heavy atom. The van der Waals surface area contributed by atoms with Crippen LogP contribution in [0.25, 0.3) is 0 Å². The van der Waals surface area contributed by atoms with Gasteiger partial charge in [-0.1, -0.05) is 19.8 Å². The Balaban J connectivity index is 2.00. The molecule has 0 unspecified atom stereocenters. The van der Waals surface area contributed by atoms with E-state index >= 15 is 0 Å². The van der Waals surface area contributed by atoms with Crippen LogP contribution in [0, 0.1) is 0 Å². The molecular formula is C11H23NO2. The van der Waals surface area contributed by atoms with Gasteiger partial charge in [-0.2, -0.15) is 0 Å². The van der Waals surface area contributed by atoms with Crippen molar-refractivity contribution in [3.63, 3.8) is 0 Å². The van der Waals surface area contributed by atoms with Crippen molar-refractivity contribution in [1.29, 1.82) is 0 Å². The number of aliphatic hydroxyl groups is 1. The normalized spacial score (nSPS) is 21.0. The second-order valence-corrected chi connectivity index (χ2v) is 4.04. The van der Waals surface area contributed by atoms with Crippen LogP contribution in [0.1, 0.15) is 32.6 Å². The van der Waals surface area contributed by atoms with E-state index in [4.69, 9.17) is 4.74 Å². The first-order chi connectivity index (χ1) is 6.83. The van der Waals surface area contributed by atoms with Crippen molar-refractivity contribution >= 4 is 0 Å². The molecule has 3 heteroatoms. The predicted octanol–water partition coefficient (Wildman–Crippen LogP) is 1.26. The van der Waals surface area contributed by atoms with Crippen LogP contribution < -0.4 is 0 Å². The topological polar surface area (TPSA) is 32.7 Å². The minimum Gasteiger partial charge on any atom is -0.393 e. The van der Waals surface area contributed by atoms with Gasteiger partial charge in [0.2, 0.25) is 0 Å². The lowest BCUT2D eigenvalue weighted by molar-refractivity contribution is 0.0294. The van der Waals surface area contributed by atoms with Gasteiger partial charge in [-0.25, -0.2) is 0 Å². The zero-order valence-corrected chi connectivity index (χ0v) is 9.24. The molecule has 0 aromatic carbocycles. The van der Waals surface area contributed by atoms with E-state index in [2.05, 4.69) is 11.8 Å². The SMILES string of the molecule is CCCC[C@H](O)CCN1CCOCC1. The molecule has 1 fully saturated rings. The summed E-state index contributed by atoms with van der Waals surface area (Å²) in [5.41, 5.74) is 0. The Morgan fingerprint density at radius 1 is 1.29 bits per heavy atom. The molecule has 1 heterocycles. The molecule has 0 aliphatic carbocycles. The van der Waals surface area contributed by atoms with Gasteiger partial charge in [0.25, 0.3) is 0 Å². The maximum atomic E-state index is 9.65. The molecule has 14 heavy (non-hydrogen) atoms. The summed E-state index contributed by atoms with van der Waals surface area (Å²) in [6.45, 7) is 6.94. The van der Waals surface area contributed by atoms with Crippen LogP contribution in [-0.2, 0) is 4.74 Å². The number of unbranched alkanes of at least 4 members (excludes halogenated alkanes) is 1. The van der Waals surface area contributed by atoms with Crippen molar-refractivity contribution < 1.29 is 9.84 Å². The van der Waals surface area contributed by atoms with Crippen molar-refractivity contribution in [2.45, 2.75) is 38.7 Å². The van der Waals surface area contributed by atoms with Crippen LogP contribution in [0.5, 0.6) is 0 Å². The van der Waals surface area contributed by atoms with Crippen molar-refractivity contribution in [3.8, 4) is 0 Å². The molecule has 1 atom stereocenters. The smallest absolute Gasteiger partial charge is 0.0594 e. The summed E-state index contributed by atoms with van der Waals surface area (Å²) in [6, 6.07) is 0. The molecule has 0 saturated carbocycles. The number of rotatable bonds is 6. The molecule has 1 aliphatic rings. The fourth-order valence-electron chi connectivity index (χ4n) is 1.74. The summed E-state index contributed by atoms with van der Waals surface area (Å²) in [4.78, 5) is 2.37. The molecule has 1 saturated heterocycles. The summed E-state index contributed by atoms with van der Waals surface area (Å²) in [6.07, 6.45) is 4.09. The second-order valence-electron chi connectivity index (χ2n) is 4.04. The summed E-state index contributed by atoms with van der Waals surface area (Å²) in [5.74, 6) is 0. The first kappa shape index (κ1) is 12.0. The van der Waals surface area contributed by atoms with Gasteiger partial charge in [-0.15, -0.1) is 0 Å². The van der Waals surface area contributed by atoms with Crippen LogP contribution in [0.4, 0.5) is 0 Å². The van der Waals surface area contributed by atoms with Gasteiger partial charge < -0.3 is 9.84 Å². The summed E-state index contributed by atoms with van der Waals surface area (Å²) < 4.78 is 5.27. The van der Waals surface area contributed by atoms with E-state index in [0.717, 1.165) is 52.1 Å². The van der Waals surface area contributed by atoms with E-state index in [1.807, 2.05) is 0 Å². The molecule has 1 aliphatic heterocycles. The van der Waals surface area contributed by atoms with Gasteiger partial charge in [0.15, 0.2) is 0 Å². The highest BCUT2D eigenvalue weighted by Crippen LogP contribution is 2.06. The Labute approximate surface area is 87.1 Å². The molecule has 0 amide bonds. The lowest BCUT2D eigenvalue weighted by Gasteiger charge is -2.27. The minimum absolute atomic E-state index is 0.0993. The third kappa shape index (κ3) is 4.94. The standard InChI is InChI=1S/C11H23NO2/c1-2-3-4-11(13)5-6-12-7-9-14-10-8-12/h11,13H,2-10H2,1H3/t11-/m0/s1. The number of ether oxygens (including phenoxy) is 1. The zero-order chi connectivity index (χ0) is 10.2. The van der Waals surface area contributed by atoms with Gasteiger partial charge in [0.1, 0.15) is 0 Å². The summed E-state index contributed by atoms with van der Waals surface area (Å²) >= 11 is 0. The van der Waals surface area contributed by atoms with Crippen LogP contribution >= 0.6 is 0 Å². The van der Waals surface area contributed by atoms with Crippen LogP contribution in [0.3, 0.4) is 0 Å². The number of morpholine rings is 1. The fourth-order valence-corrected chi connectivity index (χ4v) is 1.74.